The number of nitrogens with one attached hydrogen (secondary N) is 1. The Kier molecular flexibility index (Phi) is 3.09. The van der Waals surface area contributed by atoms with E-state index in [1.807, 2.05) is 29.9 Å². The van der Waals surface area contributed by atoms with Crippen LogP contribution in [0.4, 0.5) is 0 Å². The van der Waals surface area contributed by atoms with Crippen molar-refractivity contribution in [1.29, 1.82) is 0 Å². The van der Waals surface area contributed by atoms with E-state index in [9.17, 15) is 9.90 Å². The van der Waals surface area contributed by atoms with Crippen molar-refractivity contribution in [1.82, 2.24) is 14.9 Å². The minimum absolute atomic E-state index is 0.114. The summed E-state index contributed by atoms with van der Waals surface area (Å²) in [4.78, 5) is 15.5. The van der Waals surface area contributed by atoms with E-state index in [1.54, 1.807) is 0 Å². The molecule has 0 aromatic carbocycles. The molecule has 0 fully saturated rings. The first-order valence-corrected chi connectivity index (χ1v) is 5.20. The molecule has 17 heavy (non-hydrogen) atoms. The Hall–Kier alpha value is -2.30. The van der Waals surface area contributed by atoms with Crippen LogP contribution in [0.15, 0.2) is 36.8 Å². The van der Waals surface area contributed by atoms with Gasteiger partial charge in [0.15, 0.2) is 0 Å². The lowest BCUT2D eigenvalue weighted by Crippen LogP contribution is -2.23. The number of carbonyl (C=O) groups is 1. The minimum atomic E-state index is -0.314. The molecule has 1 amide bonds. The van der Waals surface area contributed by atoms with Gasteiger partial charge in [-0.15, -0.1) is 0 Å². The lowest BCUT2D eigenvalue weighted by atomic mass is 10.2. The van der Waals surface area contributed by atoms with Gasteiger partial charge in [0.2, 0.25) is 0 Å². The molecule has 2 N–H and O–H groups in total. The quantitative estimate of drug-likeness (QED) is 0.829. The van der Waals surface area contributed by atoms with Crippen LogP contribution in [0.25, 0.3) is 0 Å². The summed E-state index contributed by atoms with van der Waals surface area (Å²) in [6.07, 6.45) is 4.62. The van der Waals surface area contributed by atoms with Crippen LogP contribution in [-0.4, -0.2) is 20.6 Å². The van der Waals surface area contributed by atoms with Crippen LogP contribution < -0.4 is 5.32 Å². The summed E-state index contributed by atoms with van der Waals surface area (Å²) in [7, 11) is 1.91. The molecule has 5 nitrogen and oxygen atoms in total. The van der Waals surface area contributed by atoms with Gasteiger partial charge < -0.3 is 15.0 Å². The molecule has 0 spiro atoms. The molecule has 0 unspecified atom stereocenters. The molecule has 2 heterocycles. The number of aromatic hydroxyl groups is 1. The smallest absolute Gasteiger partial charge is 0.255 e. The van der Waals surface area contributed by atoms with Crippen molar-refractivity contribution in [2.24, 2.45) is 7.05 Å². The van der Waals surface area contributed by atoms with Gasteiger partial charge in [0.05, 0.1) is 18.3 Å². The third-order valence-corrected chi connectivity index (χ3v) is 2.53. The molecule has 0 aliphatic carbocycles. The van der Waals surface area contributed by atoms with Crippen LogP contribution in [0.5, 0.6) is 5.75 Å². The van der Waals surface area contributed by atoms with Crippen LogP contribution in [0.3, 0.4) is 0 Å². The molecule has 88 valence electrons. The minimum Gasteiger partial charge on any atom is -0.505 e. The van der Waals surface area contributed by atoms with Crippen molar-refractivity contribution in [3.8, 4) is 5.75 Å². The zero-order chi connectivity index (χ0) is 12.3. The summed E-state index contributed by atoms with van der Waals surface area (Å²) in [6, 6.07) is 5.31. The Morgan fingerprint density at radius 2 is 2.35 bits per heavy atom. The Balaban J connectivity index is 2.04. The van der Waals surface area contributed by atoms with E-state index in [0.29, 0.717) is 6.54 Å². The van der Waals surface area contributed by atoms with E-state index < -0.39 is 0 Å². The lowest BCUT2D eigenvalue weighted by Gasteiger charge is -2.07. The highest BCUT2D eigenvalue weighted by atomic mass is 16.3. The second-order valence-corrected chi connectivity index (χ2v) is 3.69. The molecule has 0 radical (unpaired) electrons. The van der Waals surface area contributed by atoms with E-state index in [1.165, 1.54) is 18.5 Å². The number of amides is 1. The number of aryl methyl sites for hydroxylation is 1. The maximum absolute atomic E-state index is 11.8. The molecular weight excluding hydrogens is 218 g/mol. The Morgan fingerprint density at radius 1 is 1.53 bits per heavy atom. The maximum Gasteiger partial charge on any atom is 0.255 e. The first-order chi connectivity index (χ1) is 8.18. The largest absolute Gasteiger partial charge is 0.505 e. The number of rotatable bonds is 3. The van der Waals surface area contributed by atoms with Gasteiger partial charge in [-0.1, -0.05) is 0 Å². The lowest BCUT2D eigenvalue weighted by molar-refractivity contribution is 0.0947. The monoisotopic (exact) mass is 231 g/mol. The SMILES string of the molecule is Cn1cccc1CNC(=O)c1ccncc1O. The standard InChI is InChI=1S/C12H13N3O2/c1-15-6-2-3-9(15)7-14-12(17)10-4-5-13-8-11(10)16/h2-6,8,16H,7H2,1H3,(H,14,17). The van der Waals surface area contributed by atoms with Crippen LogP contribution in [-0.2, 0) is 13.6 Å². The van der Waals surface area contributed by atoms with Crippen molar-refractivity contribution < 1.29 is 9.90 Å². The molecule has 5 heteroatoms. The topological polar surface area (TPSA) is 67.2 Å². The van der Waals surface area contributed by atoms with E-state index in [2.05, 4.69) is 10.3 Å². The van der Waals surface area contributed by atoms with Gasteiger partial charge in [-0.05, 0) is 18.2 Å². The average Bonchev–Trinajstić information content (AvgIpc) is 2.72. The van der Waals surface area contributed by atoms with Gasteiger partial charge in [0, 0.05) is 25.1 Å². The Bertz CT molecular complexity index is 534. The molecule has 2 aromatic heterocycles. The van der Waals surface area contributed by atoms with Crippen LogP contribution in [0, 0.1) is 0 Å². The predicted octanol–water partition coefficient (Wildman–Crippen LogP) is 1.06. The highest BCUT2D eigenvalue weighted by Gasteiger charge is 2.10. The van der Waals surface area contributed by atoms with Crippen molar-refractivity contribution >= 4 is 5.91 Å². The number of carbonyl (C=O) groups excluding carboxylic acids is 1. The number of hydrogen-bond acceptors (Lipinski definition) is 3. The van der Waals surface area contributed by atoms with Gasteiger partial charge in [-0.3, -0.25) is 9.78 Å². The zero-order valence-corrected chi connectivity index (χ0v) is 9.42. The molecule has 0 bridgehead atoms. The van der Waals surface area contributed by atoms with Crippen molar-refractivity contribution in [2.45, 2.75) is 6.54 Å². The maximum atomic E-state index is 11.8. The molecule has 0 saturated carbocycles. The number of nitrogens with zero attached hydrogens (tertiary/aromatic N) is 2. The van der Waals surface area contributed by atoms with E-state index in [4.69, 9.17) is 0 Å². The van der Waals surface area contributed by atoms with E-state index in [0.717, 1.165) is 5.69 Å². The van der Waals surface area contributed by atoms with Crippen molar-refractivity contribution in [2.75, 3.05) is 0 Å². The number of hydrogen-bond donors (Lipinski definition) is 2. The highest BCUT2D eigenvalue weighted by molar-refractivity contribution is 5.96. The average molecular weight is 231 g/mol. The fourth-order valence-corrected chi connectivity index (χ4v) is 1.52. The summed E-state index contributed by atoms with van der Waals surface area (Å²) < 4.78 is 1.92. The second kappa shape index (κ2) is 4.69. The summed E-state index contributed by atoms with van der Waals surface area (Å²) >= 11 is 0. The molecular formula is C12H13N3O2. The van der Waals surface area contributed by atoms with Crippen molar-refractivity contribution in [3.05, 3.63) is 48.0 Å². The first kappa shape index (κ1) is 11.2. The summed E-state index contributed by atoms with van der Waals surface area (Å²) in [5, 5.41) is 12.2. The predicted molar refractivity (Wildman–Crippen MR) is 62.5 cm³/mol. The Labute approximate surface area is 98.7 Å². The first-order valence-electron chi connectivity index (χ1n) is 5.20. The van der Waals surface area contributed by atoms with Gasteiger partial charge >= 0.3 is 0 Å². The van der Waals surface area contributed by atoms with E-state index in [-0.39, 0.29) is 17.2 Å². The number of aromatic nitrogens is 2. The van der Waals surface area contributed by atoms with Crippen LogP contribution in [0.2, 0.25) is 0 Å². The molecule has 0 atom stereocenters. The third kappa shape index (κ3) is 2.44. The highest BCUT2D eigenvalue weighted by Crippen LogP contribution is 2.13. The van der Waals surface area contributed by atoms with Crippen LogP contribution in [0.1, 0.15) is 16.1 Å². The molecule has 0 saturated heterocycles. The summed E-state index contributed by atoms with van der Waals surface area (Å²) in [5.74, 6) is -0.428. The van der Waals surface area contributed by atoms with Gasteiger partial charge in [0.25, 0.3) is 5.91 Å². The molecule has 2 rings (SSSR count). The zero-order valence-electron chi connectivity index (χ0n) is 9.42. The third-order valence-electron chi connectivity index (χ3n) is 2.53. The van der Waals surface area contributed by atoms with Gasteiger partial charge in [-0.25, -0.2) is 0 Å². The molecule has 0 aliphatic rings. The summed E-state index contributed by atoms with van der Waals surface area (Å²) in [5.41, 5.74) is 1.22. The number of pyridine rings is 1. The fraction of sp³-hybridized carbons (Fsp3) is 0.167. The fourth-order valence-electron chi connectivity index (χ4n) is 1.52. The molecule has 2 aromatic rings. The van der Waals surface area contributed by atoms with Crippen molar-refractivity contribution in [3.63, 3.8) is 0 Å². The Morgan fingerprint density at radius 3 is 3.00 bits per heavy atom. The second-order valence-electron chi connectivity index (χ2n) is 3.69. The normalized spacial score (nSPS) is 10.2. The van der Waals surface area contributed by atoms with Gasteiger partial charge in [0.1, 0.15) is 5.75 Å². The molecule has 0 aliphatic heterocycles. The van der Waals surface area contributed by atoms with Gasteiger partial charge in [-0.2, -0.15) is 0 Å². The van der Waals surface area contributed by atoms with E-state index >= 15 is 0 Å². The summed E-state index contributed by atoms with van der Waals surface area (Å²) in [6.45, 7) is 0.421. The van der Waals surface area contributed by atoms with Crippen LogP contribution >= 0.6 is 0 Å².